The number of nitrogens with two attached hydrogens (primary N) is 1. The zero-order valence-corrected chi connectivity index (χ0v) is 20.4. The number of nitrogen functional groups attached to an aromatic ring is 1. The number of hydrogen-bond acceptors (Lipinski definition) is 5. The third kappa shape index (κ3) is 4.41. The molecule has 4 N–H and O–H groups in total. The second kappa shape index (κ2) is 9.29. The fraction of sp³-hybridized carbons (Fsp3) is 0.222. The maximum atomic E-state index is 13.6. The van der Waals surface area contributed by atoms with Crippen LogP contribution < -0.4 is 5.73 Å². The van der Waals surface area contributed by atoms with Gasteiger partial charge in [-0.1, -0.05) is 23.7 Å². The van der Waals surface area contributed by atoms with Gasteiger partial charge in [0, 0.05) is 77.0 Å². The van der Waals surface area contributed by atoms with Gasteiger partial charge in [-0.15, -0.1) is 0 Å². The summed E-state index contributed by atoms with van der Waals surface area (Å²) >= 11 is 6.18. The van der Waals surface area contributed by atoms with E-state index in [9.17, 15) is 4.79 Å². The maximum Gasteiger partial charge on any atom is 0.240 e. The van der Waals surface area contributed by atoms with Gasteiger partial charge < -0.3 is 15.6 Å². The van der Waals surface area contributed by atoms with Gasteiger partial charge in [-0.05, 0) is 54.4 Å². The molecule has 9 heteroatoms. The average Bonchev–Trinajstić information content (AvgIpc) is 3.60. The highest BCUT2D eigenvalue weighted by atomic mass is 35.5. The van der Waals surface area contributed by atoms with Crippen molar-refractivity contribution in [1.82, 2.24) is 30.0 Å². The molecule has 1 atom stereocenters. The topological polar surface area (TPSA) is 107 Å². The van der Waals surface area contributed by atoms with E-state index in [1.165, 1.54) is 0 Å². The molecule has 0 aliphatic carbocycles. The van der Waals surface area contributed by atoms with E-state index in [2.05, 4.69) is 31.1 Å². The first-order chi connectivity index (χ1) is 17.5. The van der Waals surface area contributed by atoms with Gasteiger partial charge in [0.15, 0.2) is 0 Å². The molecule has 1 saturated heterocycles. The lowest BCUT2D eigenvalue weighted by atomic mass is 10.1. The van der Waals surface area contributed by atoms with Gasteiger partial charge in [0.05, 0.1) is 11.6 Å². The number of likely N-dealkylation sites (tertiary alicyclic amines) is 1. The zero-order chi connectivity index (χ0) is 24.6. The Labute approximate surface area is 213 Å². The SMILES string of the molecule is Nc1ccnc2cc(CN3CC[C@@H](N(Cc4ccn[nH]4)Cc4cc5cc(Cl)ccc5[nH]4)C3=O)ccc12. The Balaban J connectivity index is 1.23. The molecule has 8 nitrogen and oxygen atoms in total. The Hall–Kier alpha value is -3.88. The van der Waals surface area contributed by atoms with Gasteiger partial charge in [0.1, 0.15) is 0 Å². The number of nitrogens with one attached hydrogen (secondary N) is 2. The van der Waals surface area contributed by atoms with E-state index < -0.39 is 0 Å². The van der Waals surface area contributed by atoms with Crippen LogP contribution in [0, 0.1) is 0 Å². The quantitative estimate of drug-likeness (QED) is 0.306. The number of nitrogens with zero attached hydrogens (tertiary/aromatic N) is 4. The van der Waals surface area contributed by atoms with E-state index >= 15 is 0 Å². The normalized spacial score (nSPS) is 16.1. The summed E-state index contributed by atoms with van der Waals surface area (Å²) in [6.07, 6.45) is 4.21. The van der Waals surface area contributed by atoms with Crippen molar-refractivity contribution in [2.75, 3.05) is 12.3 Å². The highest BCUT2D eigenvalue weighted by Gasteiger charge is 2.36. The third-order valence-corrected chi connectivity index (χ3v) is 7.10. The predicted octanol–water partition coefficient (Wildman–Crippen LogP) is 4.48. The molecule has 0 unspecified atom stereocenters. The summed E-state index contributed by atoms with van der Waals surface area (Å²) in [5.41, 5.74) is 11.7. The molecular weight excluding hydrogens is 474 g/mol. The van der Waals surface area contributed by atoms with Crippen molar-refractivity contribution in [1.29, 1.82) is 0 Å². The minimum atomic E-state index is -0.225. The van der Waals surface area contributed by atoms with E-state index in [1.807, 2.05) is 47.4 Å². The smallest absolute Gasteiger partial charge is 0.240 e. The number of fused-ring (bicyclic) bond motifs is 2. The lowest BCUT2D eigenvalue weighted by molar-refractivity contribution is -0.133. The number of halogens is 1. The van der Waals surface area contributed by atoms with Crippen molar-refractivity contribution in [2.24, 2.45) is 0 Å². The van der Waals surface area contributed by atoms with Crippen LogP contribution in [0.3, 0.4) is 0 Å². The summed E-state index contributed by atoms with van der Waals surface area (Å²) in [6, 6.07) is 17.5. The number of pyridine rings is 1. The van der Waals surface area contributed by atoms with Crippen LogP contribution >= 0.6 is 11.6 Å². The average molecular weight is 500 g/mol. The number of amides is 1. The number of rotatable bonds is 7. The number of carbonyl (C=O) groups is 1. The molecule has 0 saturated carbocycles. The third-order valence-electron chi connectivity index (χ3n) is 6.87. The minimum absolute atomic E-state index is 0.134. The highest BCUT2D eigenvalue weighted by Crippen LogP contribution is 2.27. The van der Waals surface area contributed by atoms with Crippen molar-refractivity contribution < 1.29 is 4.79 Å². The monoisotopic (exact) mass is 499 g/mol. The van der Waals surface area contributed by atoms with Crippen LogP contribution in [-0.4, -0.2) is 48.5 Å². The van der Waals surface area contributed by atoms with Gasteiger partial charge in [0.2, 0.25) is 5.91 Å². The molecule has 5 aromatic rings. The molecule has 2 aromatic carbocycles. The van der Waals surface area contributed by atoms with Crippen molar-refractivity contribution in [3.05, 3.63) is 89.0 Å². The lowest BCUT2D eigenvalue weighted by Gasteiger charge is -2.27. The van der Waals surface area contributed by atoms with Gasteiger partial charge in [-0.3, -0.25) is 19.8 Å². The Kier molecular flexibility index (Phi) is 5.83. The van der Waals surface area contributed by atoms with Gasteiger partial charge >= 0.3 is 0 Å². The van der Waals surface area contributed by atoms with Crippen LogP contribution in [0.25, 0.3) is 21.8 Å². The molecule has 1 aliphatic rings. The fourth-order valence-corrected chi connectivity index (χ4v) is 5.27. The molecule has 1 fully saturated rings. The Morgan fingerprint density at radius 1 is 1.06 bits per heavy atom. The summed E-state index contributed by atoms with van der Waals surface area (Å²) in [7, 11) is 0. The molecule has 4 heterocycles. The van der Waals surface area contributed by atoms with Gasteiger partial charge in [-0.25, -0.2) is 0 Å². The molecular formula is C27H26ClN7O. The number of benzene rings is 2. The van der Waals surface area contributed by atoms with E-state index in [0.717, 1.165) is 45.2 Å². The number of hydrogen-bond donors (Lipinski definition) is 3. The largest absolute Gasteiger partial charge is 0.398 e. The summed E-state index contributed by atoms with van der Waals surface area (Å²) in [6.45, 7) is 2.45. The number of anilines is 1. The number of H-pyrrole nitrogens is 2. The van der Waals surface area contributed by atoms with Gasteiger partial charge in [-0.2, -0.15) is 5.10 Å². The van der Waals surface area contributed by atoms with Crippen LogP contribution in [0.15, 0.2) is 67.0 Å². The summed E-state index contributed by atoms with van der Waals surface area (Å²) < 4.78 is 0. The Bertz CT molecular complexity index is 1540. The number of aromatic nitrogens is 4. The number of aromatic amines is 2. The van der Waals surface area contributed by atoms with Gasteiger partial charge in [0.25, 0.3) is 0 Å². The predicted molar refractivity (Wildman–Crippen MR) is 141 cm³/mol. The standard InChI is InChI=1S/C27H26ClN7O/c28-19-2-4-24-18(12-19)13-21(32-24)16-35(15-20-5-9-31-33-20)26-7-10-34(27(26)36)14-17-1-3-22-23(29)6-8-30-25(22)11-17/h1-6,8-9,11-13,26,32H,7,10,14-16H2,(H2,29,30)(H,31,33)/t26-/m1/s1. The first-order valence-electron chi connectivity index (χ1n) is 11.9. The van der Waals surface area contributed by atoms with Crippen LogP contribution in [-0.2, 0) is 24.4 Å². The molecule has 0 radical (unpaired) electrons. The van der Waals surface area contributed by atoms with E-state index in [-0.39, 0.29) is 11.9 Å². The second-order valence-corrected chi connectivity index (χ2v) is 9.77. The first kappa shape index (κ1) is 22.6. The summed E-state index contributed by atoms with van der Waals surface area (Å²) in [5.74, 6) is 0.134. The van der Waals surface area contributed by atoms with Crippen LogP contribution in [0.1, 0.15) is 23.4 Å². The molecule has 182 valence electrons. The molecule has 3 aromatic heterocycles. The lowest BCUT2D eigenvalue weighted by Crippen LogP contribution is -2.41. The van der Waals surface area contributed by atoms with Crippen LogP contribution in [0.2, 0.25) is 5.02 Å². The molecule has 6 rings (SSSR count). The summed E-state index contributed by atoms with van der Waals surface area (Å²) in [4.78, 5) is 25.7. The molecule has 1 aliphatic heterocycles. The zero-order valence-electron chi connectivity index (χ0n) is 19.6. The van der Waals surface area contributed by atoms with Crippen LogP contribution in [0.5, 0.6) is 0 Å². The molecule has 0 bridgehead atoms. The summed E-state index contributed by atoms with van der Waals surface area (Å²) in [5, 5.41) is 9.82. The maximum absolute atomic E-state index is 13.6. The van der Waals surface area contributed by atoms with E-state index in [1.54, 1.807) is 18.5 Å². The minimum Gasteiger partial charge on any atom is -0.398 e. The highest BCUT2D eigenvalue weighted by molar-refractivity contribution is 6.31. The van der Waals surface area contributed by atoms with Crippen molar-refractivity contribution in [3.8, 4) is 0 Å². The van der Waals surface area contributed by atoms with Crippen LogP contribution in [0.4, 0.5) is 5.69 Å². The molecule has 0 spiro atoms. The number of carbonyl (C=O) groups excluding carboxylic acids is 1. The van der Waals surface area contributed by atoms with E-state index in [4.69, 9.17) is 17.3 Å². The molecule has 1 amide bonds. The van der Waals surface area contributed by atoms with E-state index in [0.29, 0.717) is 36.9 Å². The second-order valence-electron chi connectivity index (χ2n) is 9.33. The Morgan fingerprint density at radius 3 is 2.81 bits per heavy atom. The van der Waals surface area contributed by atoms with Crippen molar-refractivity contribution in [2.45, 2.75) is 32.1 Å². The Morgan fingerprint density at radius 2 is 1.94 bits per heavy atom. The first-order valence-corrected chi connectivity index (χ1v) is 12.3. The van der Waals surface area contributed by atoms with Crippen molar-refractivity contribution in [3.63, 3.8) is 0 Å². The molecule has 36 heavy (non-hydrogen) atoms. The fourth-order valence-electron chi connectivity index (χ4n) is 5.09. The van der Waals surface area contributed by atoms with Crippen molar-refractivity contribution >= 4 is 45.0 Å².